The van der Waals surface area contributed by atoms with Crippen molar-refractivity contribution in [3.05, 3.63) is 17.5 Å². The van der Waals surface area contributed by atoms with Crippen LogP contribution in [0, 0.1) is 0 Å². The SMILES string of the molecule is CC(C)c1[nH]ncc1C(=O)O. The highest BCUT2D eigenvalue weighted by Crippen LogP contribution is 2.15. The van der Waals surface area contributed by atoms with E-state index in [0.29, 0.717) is 5.69 Å². The second kappa shape index (κ2) is 2.74. The van der Waals surface area contributed by atoms with E-state index in [1.54, 1.807) is 0 Å². The van der Waals surface area contributed by atoms with Gasteiger partial charge in [0.2, 0.25) is 0 Å². The number of aromatic amines is 1. The van der Waals surface area contributed by atoms with Gasteiger partial charge in [-0.1, -0.05) is 13.8 Å². The fourth-order valence-electron chi connectivity index (χ4n) is 0.907. The summed E-state index contributed by atoms with van der Waals surface area (Å²) in [4.78, 5) is 10.5. The maximum absolute atomic E-state index is 10.5. The highest BCUT2D eigenvalue weighted by Gasteiger charge is 2.13. The van der Waals surface area contributed by atoms with Gasteiger partial charge in [0.1, 0.15) is 5.56 Å². The Morgan fingerprint density at radius 2 is 2.36 bits per heavy atom. The summed E-state index contributed by atoms with van der Waals surface area (Å²) >= 11 is 0. The minimum atomic E-state index is -0.928. The van der Waals surface area contributed by atoms with Crippen molar-refractivity contribution in [2.45, 2.75) is 19.8 Å². The van der Waals surface area contributed by atoms with Crippen LogP contribution < -0.4 is 0 Å². The first-order chi connectivity index (χ1) is 5.13. The Kier molecular flexibility index (Phi) is 1.94. The average molecular weight is 154 g/mol. The van der Waals surface area contributed by atoms with E-state index in [2.05, 4.69) is 10.2 Å². The van der Waals surface area contributed by atoms with Crippen molar-refractivity contribution in [1.82, 2.24) is 10.2 Å². The smallest absolute Gasteiger partial charge is 0.339 e. The quantitative estimate of drug-likeness (QED) is 0.673. The van der Waals surface area contributed by atoms with Gasteiger partial charge >= 0.3 is 5.97 Å². The zero-order chi connectivity index (χ0) is 8.43. The Bertz CT molecular complexity index is 265. The lowest BCUT2D eigenvalue weighted by Crippen LogP contribution is -2.01. The second-order valence-electron chi connectivity index (χ2n) is 2.66. The van der Waals surface area contributed by atoms with E-state index in [1.165, 1.54) is 6.20 Å². The molecule has 0 radical (unpaired) electrons. The van der Waals surface area contributed by atoms with Crippen LogP contribution >= 0.6 is 0 Å². The van der Waals surface area contributed by atoms with Gasteiger partial charge in [-0.3, -0.25) is 5.10 Å². The van der Waals surface area contributed by atoms with E-state index >= 15 is 0 Å². The maximum atomic E-state index is 10.5. The van der Waals surface area contributed by atoms with E-state index in [9.17, 15) is 4.79 Å². The van der Waals surface area contributed by atoms with Crippen molar-refractivity contribution in [3.8, 4) is 0 Å². The molecule has 0 atom stereocenters. The molecule has 0 unspecified atom stereocenters. The summed E-state index contributed by atoms with van der Waals surface area (Å²) in [5.41, 5.74) is 0.942. The molecule has 60 valence electrons. The van der Waals surface area contributed by atoms with Gasteiger partial charge in [-0.2, -0.15) is 5.10 Å². The van der Waals surface area contributed by atoms with E-state index in [4.69, 9.17) is 5.11 Å². The van der Waals surface area contributed by atoms with Gasteiger partial charge in [-0.15, -0.1) is 0 Å². The van der Waals surface area contributed by atoms with Gasteiger partial charge < -0.3 is 5.11 Å². The second-order valence-corrected chi connectivity index (χ2v) is 2.66. The number of H-pyrrole nitrogens is 1. The number of hydrogen-bond acceptors (Lipinski definition) is 2. The third kappa shape index (κ3) is 1.39. The number of carboxylic acid groups (broad SMARTS) is 1. The molecule has 2 N–H and O–H groups in total. The zero-order valence-electron chi connectivity index (χ0n) is 6.46. The number of nitrogens with one attached hydrogen (secondary N) is 1. The third-order valence-electron chi connectivity index (χ3n) is 1.48. The Morgan fingerprint density at radius 1 is 1.73 bits per heavy atom. The van der Waals surface area contributed by atoms with Crippen LogP contribution in [0.15, 0.2) is 6.20 Å². The van der Waals surface area contributed by atoms with Gasteiger partial charge in [-0.05, 0) is 5.92 Å². The number of nitrogens with zero attached hydrogens (tertiary/aromatic N) is 1. The molecule has 1 aromatic rings. The highest BCUT2D eigenvalue weighted by molar-refractivity contribution is 5.88. The summed E-state index contributed by atoms with van der Waals surface area (Å²) in [7, 11) is 0. The molecule has 0 aromatic carbocycles. The highest BCUT2D eigenvalue weighted by atomic mass is 16.4. The molecule has 0 saturated carbocycles. The molecule has 0 spiro atoms. The van der Waals surface area contributed by atoms with E-state index < -0.39 is 5.97 Å². The Morgan fingerprint density at radius 3 is 2.73 bits per heavy atom. The molecule has 0 aliphatic heterocycles. The van der Waals surface area contributed by atoms with Crippen molar-refractivity contribution < 1.29 is 9.90 Å². The molecular formula is C7H10N2O2. The average Bonchev–Trinajstić information content (AvgIpc) is 2.32. The van der Waals surface area contributed by atoms with Crippen molar-refractivity contribution in [2.75, 3.05) is 0 Å². The molecular weight excluding hydrogens is 144 g/mol. The van der Waals surface area contributed by atoms with Crippen molar-refractivity contribution >= 4 is 5.97 Å². The first-order valence-electron chi connectivity index (χ1n) is 3.39. The Balaban J connectivity index is 3.06. The summed E-state index contributed by atoms with van der Waals surface area (Å²) in [6.07, 6.45) is 1.33. The molecule has 1 rings (SSSR count). The number of aromatic carboxylic acids is 1. The number of rotatable bonds is 2. The maximum Gasteiger partial charge on any atom is 0.339 e. The van der Waals surface area contributed by atoms with Crippen LogP contribution in [-0.4, -0.2) is 21.3 Å². The van der Waals surface area contributed by atoms with Gasteiger partial charge in [-0.25, -0.2) is 4.79 Å². The predicted octanol–water partition coefficient (Wildman–Crippen LogP) is 1.23. The first-order valence-corrected chi connectivity index (χ1v) is 3.39. The molecule has 4 nitrogen and oxygen atoms in total. The molecule has 11 heavy (non-hydrogen) atoms. The summed E-state index contributed by atoms with van der Waals surface area (Å²) in [5, 5.41) is 15.0. The third-order valence-corrected chi connectivity index (χ3v) is 1.48. The molecule has 0 saturated heterocycles. The summed E-state index contributed by atoms with van der Waals surface area (Å²) in [6.45, 7) is 3.83. The van der Waals surface area contributed by atoms with Crippen LogP contribution in [0.25, 0.3) is 0 Å². The fourth-order valence-corrected chi connectivity index (χ4v) is 0.907. The normalized spacial score (nSPS) is 10.5. The molecule has 1 aromatic heterocycles. The fraction of sp³-hybridized carbons (Fsp3) is 0.429. The van der Waals surface area contributed by atoms with Crippen LogP contribution in [0.3, 0.4) is 0 Å². The van der Waals surface area contributed by atoms with Crippen LogP contribution in [0.1, 0.15) is 35.8 Å². The van der Waals surface area contributed by atoms with Crippen LogP contribution in [0.4, 0.5) is 0 Å². The Labute approximate surface area is 64.2 Å². The van der Waals surface area contributed by atoms with E-state index in [0.717, 1.165) is 0 Å². The van der Waals surface area contributed by atoms with Crippen LogP contribution in [0.2, 0.25) is 0 Å². The van der Waals surface area contributed by atoms with Gasteiger partial charge in [0.05, 0.1) is 11.9 Å². The van der Waals surface area contributed by atoms with Gasteiger partial charge in [0.25, 0.3) is 0 Å². The molecule has 0 amide bonds. The number of aromatic nitrogens is 2. The zero-order valence-corrected chi connectivity index (χ0v) is 6.46. The minimum Gasteiger partial charge on any atom is -0.478 e. The molecule has 0 aliphatic rings. The van der Waals surface area contributed by atoms with Crippen molar-refractivity contribution in [2.24, 2.45) is 0 Å². The molecule has 0 fully saturated rings. The molecule has 0 bridgehead atoms. The molecule has 0 aliphatic carbocycles. The summed E-state index contributed by atoms with van der Waals surface area (Å²) in [5.74, 6) is -0.758. The van der Waals surface area contributed by atoms with Gasteiger partial charge in [0, 0.05) is 0 Å². The van der Waals surface area contributed by atoms with Crippen molar-refractivity contribution in [1.29, 1.82) is 0 Å². The standard InChI is InChI=1S/C7H10N2O2/c1-4(2)6-5(7(10)11)3-8-9-6/h3-4H,1-2H3,(H,8,9)(H,10,11). The molecule has 4 heteroatoms. The largest absolute Gasteiger partial charge is 0.478 e. The van der Waals surface area contributed by atoms with Gasteiger partial charge in [0.15, 0.2) is 0 Å². The minimum absolute atomic E-state index is 0.170. The van der Waals surface area contributed by atoms with Crippen molar-refractivity contribution in [3.63, 3.8) is 0 Å². The number of carbonyl (C=O) groups is 1. The topological polar surface area (TPSA) is 66.0 Å². The summed E-state index contributed by atoms with van der Waals surface area (Å²) < 4.78 is 0. The molecule has 1 heterocycles. The number of hydrogen-bond donors (Lipinski definition) is 2. The number of carboxylic acids is 1. The monoisotopic (exact) mass is 154 g/mol. The van der Waals surface area contributed by atoms with E-state index in [-0.39, 0.29) is 11.5 Å². The lowest BCUT2D eigenvalue weighted by molar-refractivity contribution is 0.0695. The van der Waals surface area contributed by atoms with E-state index in [1.807, 2.05) is 13.8 Å². The first kappa shape index (κ1) is 7.78. The Hall–Kier alpha value is -1.32. The predicted molar refractivity (Wildman–Crippen MR) is 39.6 cm³/mol. The van der Waals surface area contributed by atoms with Crippen LogP contribution in [0.5, 0.6) is 0 Å². The lowest BCUT2D eigenvalue weighted by Gasteiger charge is -2.00. The summed E-state index contributed by atoms with van der Waals surface area (Å²) in [6, 6.07) is 0. The lowest BCUT2D eigenvalue weighted by atomic mass is 10.1. The van der Waals surface area contributed by atoms with Crippen LogP contribution in [-0.2, 0) is 0 Å².